The third kappa shape index (κ3) is 1.16. The number of ether oxygens (including phenoxy) is 3. The van der Waals surface area contributed by atoms with Gasteiger partial charge in [-0.05, 0) is 0 Å². The lowest BCUT2D eigenvalue weighted by Gasteiger charge is -2.00. The number of hydrogen-bond acceptors (Lipinski definition) is 3. The van der Waals surface area contributed by atoms with Gasteiger partial charge in [-0.15, -0.1) is 0 Å². The normalized spacial score (nSPS) is 18.4. The molecule has 9 heavy (non-hydrogen) atoms. The van der Waals surface area contributed by atoms with Crippen molar-refractivity contribution < 1.29 is 14.2 Å². The van der Waals surface area contributed by atoms with Crippen LogP contribution in [-0.2, 0) is 14.2 Å². The van der Waals surface area contributed by atoms with Crippen molar-refractivity contribution >= 4 is 0 Å². The largest absolute Gasteiger partial charge is 0.495 e. The zero-order chi connectivity index (χ0) is 6.69. The Morgan fingerprint density at radius 2 is 1.56 bits per heavy atom. The van der Waals surface area contributed by atoms with Gasteiger partial charge in [-0.2, -0.15) is 0 Å². The van der Waals surface area contributed by atoms with E-state index in [2.05, 4.69) is 0 Å². The van der Waals surface area contributed by atoms with Crippen molar-refractivity contribution in [2.45, 2.75) is 0 Å². The number of rotatable bonds is 2. The summed E-state index contributed by atoms with van der Waals surface area (Å²) in [6.07, 6.45) is 0. The summed E-state index contributed by atoms with van der Waals surface area (Å²) in [7, 11) is 3.23. The molecule has 0 radical (unpaired) electrons. The highest BCUT2D eigenvalue weighted by Crippen LogP contribution is 2.13. The van der Waals surface area contributed by atoms with E-state index in [4.69, 9.17) is 14.2 Å². The van der Waals surface area contributed by atoms with Crippen molar-refractivity contribution in [2.75, 3.05) is 27.4 Å². The number of methoxy groups -OCH3 is 2. The zero-order valence-corrected chi connectivity index (χ0v) is 5.64. The predicted octanol–water partition coefficient (Wildman–Crippen LogP) is 0.521. The summed E-state index contributed by atoms with van der Waals surface area (Å²) in [6, 6.07) is 0. The fraction of sp³-hybridized carbons (Fsp3) is 0.667. The topological polar surface area (TPSA) is 27.7 Å². The first-order valence-electron chi connectivity index (χ1n) is 2.76. The Hall–Kier alpha value is -0.700. The third-order valence-electron chi connectivity index (χ3n) is 1.27. The van der Waals surface area contributed by atoms with Crippen LogP contribution in [0.25, 0.3) is 0 Å². The summed E-state index contributed by atoms with van der Waals surface area (Å²) >= 11 is 0. The molecule has 0 N–H and O–H groups in total. The van der Waals surface area contributed by atoms with Crippen molar-refractivity contribution in [1.29, 1.82) is 0 Å². The van der Waals surface area contributed by atoms with Gasteiger partial charge in [0, 0.05) is 0 Å². The van der Waals surface area contributed by atoms with Crippen LogP contribution in [0.4, 0.5) is 0 Å². The second-order valence-corrected chi connectivity index (χ2v) is 1.75. The summed E-state index contributed by atoms with van der Waals surface area (Å²) in [6.45, 7) is 1.08. The standard InChI is InChI=1S/C6H10O3/c1-7-5-3-9-4-6(5)8-2/h3-4H2,1-2H3. The molecule has 1 rings (SSSR count). The van der Waals surface area contributed by atoms with Crippen molar-refractivity contribution in [3.63, 3.8) is 0 Å². The minimum Gasteiger partial charge on any atom is -0.495 e. The molecule has 3 heteroatoms. The molecule has 0 fully saturated rings. The average molecular weight is 130 g/mol. The minimum atomic E-state index is 0.541. The van der Waals surface area contributed by atoms with Gasteiger partial charge in [-0.25, -0.2) is 0 Å². The minimum absolute atomic E-state index is 0.541. The molecular formula is C6H10O3. The van der Waals surface area contributed by atoms with Gasteiger partial charge in [0.25, 0.3) is 0 Å². The van der Waals surface area contributed by atoms with Gasteiger partial charge in [0.05, 0.1) is 14.2 Å². The maximum atomic E-state index is 5.03. The van der Waals surface area contributed by atoms with E-state index in [1.54, 1.807) is 14.2 Å². The van der Waals surface area contributed by atoms with E-state index in [0.29, 0.717) is 13.2 Å². The number of hydrogen-bond donors (Lipinski definition) is 0. The second-order valence-electron chi connectivity index (χ2n) is 1.75. The lowest BCUT2D eigenvalue weighted by molar-refractivity contribution is 0.155. The molecule has 0 unspecified atom stereocenters. The first-order chi connectivity index (χ1) is 4.38. The first kappa shape index (κ1) is 6.42. The van der Waals surface area contributed by atoms with Crippen molar-refractivity contribution in [3.05, 3.63) is 11.5 Å². The van der Waals surface area contributed by atoms with Crippen LogP contribution in [0.5, 0.6) is 0 Å². The zero-order valence-electron chi connectivity index (χ0n) is 5.64. The van der Waals surface area contributed by atoms with Gasteiger partial charge in [0.15, 0.2) is 11.5 Å². The highest BCUT2D eigenvalue weighted by Gasteiger charge is 2.15. The lowest BCUT2D eigenvalue weighted by Crippen LogP contribution is -1.92. The van der Waals surface area contributed by atoms with Crippen LogP contribution < -0.4 is 0 Å². The Kier molecular flexibility index (Phi) is 1.95. The predicted molar refractivity (Wildman–Crippen MR) is 31.9 cm³/mol. The molecule has 0 aliphatic carbocycles. The van der Waals surface area contributed by atoms with Gasteiger partial charge in [-0.3, -0.25) is 0 Å². The molecule has 0 aromatic heterocycles. The fourth-order valence-corrected chi connectivity index (χ4v) is 0.743. The fourth-order valence-electron chi connectivity index (χ4n) is 0.743. The second kappa shape index (κ2) is 2.73. The van der Waals surface area contributed by atoms with Gasteiger partial charge in [0.2, 0.25) is 0 Å². The summed E-state index contributed by atoms with van der Waals surface area (Å²) in [4.78, 5) is 0. The van der Waals surface area contributed by atoms with Crippen LogP contribution in [0, 0.1) is 0 Å². The SMILES string of the molecule is COC1=C(OC)COC1. The average Bonchev–Trinajstić information content (AvgIpc) is 2.33. The first-order valence-corrected chi connectivity index (χ1v) is 2.76. The van der Waals surface area contributed by atoms with E-state index in [0.717, 1.165) is 11.5 Å². The van der Waals surface area contributed by atoms with Crippen LogP contribution in [0.1, 0.15) is 0 Å². The maximum Gasteiger partial charge on any atom is 0.161 e. The molecule has 0 atom stereocenters. The van der Waals surface area contributed by atoms with Crippen LogP contribution in [-0.4, -0.2) is 27.4 Å². The van der Waals surface area contributed by atoms with E-state index in [-0.39, 0.29) is 0 Å². The lowest BCUT2D eigenvalue weighted by atomic mass is 10.5. The Morgan fingerprint density at radius 1 is 1.11 bits per heavy atom. The summed E-state index contributed by atoms with van der Waals surface area (Å²) < 4.78 is 14.9. The quantitative estimate of drug-likeness (QED) is 0.545. The van der Waals surface area contributed by atoms with Gasteiger partial charge < -0.3 is 14.2 Å². The highest BCUT2D eigenvalue weighted by molar-refractivity contribution is 5.06. The molecule has 0 aromatic carbocycles. The molecule has 0 saturated heterocycles. The summed E-state index contributed by atoms with van der Waals surface area (Å²) in [5.74, 6) is 1.61. The smallest absolute Gasteiger partial charge is 0.161 e. The van der Waals surface area contributed by atoms with Crippen molar-refractivity contribution in [3.8, 4) is 0 Å². The van der Waals surface area contributed by atoms with Gasteiger partial charge >= 0.3 is 0 Å². The molecule has 1 heterocycles. The third-order valence-corrected chi connectivity index (χ3v) is 1.27. The molecule has 1 aliphatic rings. The molecular weight excluding hydrogens is 120 g/mol. The molecule has 3 nitrogen and oxygen atoms in total. The summed E-state index contributed by atoms with van der Waals surface area (Å²) in [5, 5.41) is 0. The molecule has 0 bridgehead atoms. The van der Waals surface area contributed by atoms with E-state index in [9.17, 15) is 0 Å². The Bertz CT molecular complexity index is 114. The van der Waals surface area contributed by atoms with E-state index in [1.807, 2.05) is 0 Å². The molecule has 0 aromatic rings. The van der Waals surface area contributed by atoms with Gasteiger partial charge in [0.1, 0.15) is 13.2 Å². The van der Waals surface area contributed by atoms with Crippen LogP contribution >= 0.6 is 0 Å². The monoisotopic (exact) mass is 130 g/mol. The molecule has 52 valence electrons. The van der Waals surface area contributed by atoms with Crippen molar-refractivity contribution in [1.82, 2.24) is 0 Å². The van der Waals surface area contributed by atoms with E-state index < -0.39 is 0 Å². The molecule has 0 saturated carbocycles. The van der Waals surface area contributed by atoms with Gasteiger partial charge in [-0.1, -0.05) is 0 Å². The summed E-state index contributed by atoms with van der Waals surface area (Å²) in [5.41, 5.74) is 0. The molecule has 0 amide bonds. The maximum absolute atomic E-state index is 5.03. The highest BCUT2D eigenvalue weighted by atomic mass is 16.6. The van der Waals surface area contributed by atoms with E-state index in [1.165, 1.54) is 0 Å². The van der Waals surface area contributed by atoms with Crippen molar-refractivity contribution in [2.24, 2.45) is 0 Å². The van der Waals surface area contributed by atoms with Crippen LogP contribution in [0.15, 0.2) is 11.5 Å². The van der Waals surface area contributed by atoms with E-state index >= 15 is 0 Å². The molecule has 1 aliphatic heterocycles. The van der Waals surface area contributed by atoms with Crippen LogP contribution in [0.2, 0.25) is 0 Å². The van der Waals surface area contributed by atoms with Crippen LogP contribution in [0.3, 0.4) is 0 Å². The Morgan fingerprint density at radius 3 is 1.89 bits per heavy atom. The Balaban J connectivity index is 2.59. The molecule has 0 spiro atoms. The Labute approximate surface area is 54.2 Å².